The first-order chi connectivity index (χ1) is 8.54. The van der Waals surface area contributed by atoms with E-state index in [0.717, 1.165) is 5.56 Å². The minimum Gasteiger partial charge on any atom is -0.506 e. The number of halogens is 2. The maximum atomic E-state index is 10.1. The van der Waals surface area contributed by atoms with Crippen LogP contribution in [-0.4, -0.2) is 5.11 Å². The molecule has 0 aliphatic rings. The Balaban J connectivity index is 2.48. The zero-order valence-electron chi connectivity index (χ0n) is 9.45. The lowest BCUT2D eigenvalue weighted by atomic mass is 10.1. The van der Waals surface area contributed by atoms with Gasteiger partial charge in [-0.1, -0.05) is 29.3 Å². The second-order valence-corrected chi connectivity index (χ2v) is 5.50. The summed E-state index contributed by atoms with van der Waals surface area (Å²) in [6, 6.07) is 4.85. The highest BCUT2D eigenvalue weighted by atomic mass is 35.5. The minimum absolute atomic E-state index is 0.155. The smallest absolute Gasteiger partial charge is 0.139 e. The maximum absolute atomic E-state index is 10.1. The third-order valence-corrected chi connectivity index (χ3v) is 4.39. The molecule has 0 saturated heterocycles. The van der Waals surface area contributed by atoms with Crippen molar-refractivity contribution in [2.45, 2.75) is 13.0 Å². The third-order valence-electron chi connectivity index (χ3n) is 2.62. The Kier molecular flexibility index (Phi) is 3.90. The van der Waals surface area contributed by atoms with E-state index in [0.29, 0.717) is 20.5 Å². The fourth-order valence-corrected chi connectivity index (χ4v) is 2.92. The molecule has 0 spiro atoms. The summed E-state index contributed by atoms with van der Waals surface area (Å²) >= 11 is 13.2. The monoisotopic (exact) mass is 300 g/mol. The maximum Gasteiger partial charge on any atom is 0.139 e. The van der Waals surface area contributed by atoms with Crippen molar-refractivity contribution in [1.82, 2.24) is 0 Å². The molecule has 0 aliphatic carbocycles. The molecule has 1 heterocycles. The second-order valence-electron chi connectivity index (χ2n) is 3.80. The summed E-state index contributed by atoms with van der Waals surface area (Å²) < 4.78 is 0. The average molecular weight is 301 g/mol. The number of hydrogen-bond donors (Lipinski definition) is 2. The number of rotatable bonds is 3. The van der Waals surface area contributed by atoms with Crippen molar-refractivity contribution in [1.29, 1.82) is 5.53 Å². The number of aromatic hydroxyl groups is 1. The third kappa shape index (κ3) is 2.36. The van der Waals surface area contributed by atoms with E-state index in [1.54, 1.807) is 30.5 Å². The van der Waals surface area contributed by atoms with E-state index in [-0.39, 0.29) is 11.8 Å². The van der Waals surface area contributed by atoms with Gasteiger partial charge in [-0.3, -0.25) is 0 Å². The van der Waals surface area contributed by atoms with Crippen LogP contribution in [0.1, 0.15) is 18.5 Å². The van der Waals surface area contributed by atoms with Gasteiger partial charge in [0.15, 0.2) is 0 Å². The quantitative estimate of drug-likeness (QED) is 0.720. The van der Waals surface area contributed by atoms with Gasteiger partial charge in [-0.05, 0) is 24.6 Å². The van der Waals surface area contributed by atoms with Crippen LogP contribution < -0.4 is 0 Å². The zero-order chi connectivity index (χ0) is 13.3. The topological polar surface area (TPSA) is 56.4 Å². The van der Waals surface area contributed by atoms with Crippen molar-refractivity contribution in [3.05, 3.63) is 39.2 Å². The molecule has 2 N–H and O–H groups in total. The van der Waals surface area contributed by atoms with Gasteiger partial charge in [0.05, 0.1) is 21.0 Å². The van der Waals surface area contributed by atoms with E-state index in [9.17, 15) is 5.11 Å². The van der Waals surface area contributed by atoms with Gasteiger partial charge in [-0.25, -0.2) is 5.53 Å². The minimum atomic E-state index is -0.349. The van der Waals surface area contributed by atoms with Gasteiger partial charge in [0.1, 0.15) is 5.75 Å². The van der Waals surface area contributed by atoms with Gasteiger partial charge in [0.2, 0.25) is 0 Å². The van der Waals surface area contributed by atoms with Gasteiger partial charge >= 0.3 is 0 Å². The van der Waals surface area contributed by atoms with E-state index < -0.39 is 0 Å². The van der Waals surface area contributed by atoms with Crippen molar-refractivity contribution in [2.75, 3.05) is 0 Å². The molecule has 0 fully saturated rings. The second kappa shape index (κ2) is 5.26. The van der Waals surface area contributed by atoms with Crippen LogP contribution in [0.4, 0.5) is 0 Å². The molecule has 2 rings (SSSR count). The molecule has 0 amide bonds. The highest BCUT2D eigenvalue weighted by Gasteiger charge is 2.17. The predicted octanol–water partition coefficient (Wildman–Crippen LogP) is 5.52. The van der Waals surface area contributed by atoms with Crippen LogP contribution in [0, 0.1) is 5.53 Å². The lowest BCUT2D eigenvalue weighted by Gasteiger charge is -2.04. The van der Waals surface area contributed by atoms with Crippen molar-refractivity contribution in [3.8, 4) is 16.2 Å². The van der Waals surface area contributed by atoms with Crippen molar-refractivity contribution >= 4 is 34.5 Å². The summed E-state index contributed by atoms with van der Waals surface area (Å²) in [7, 11) is 0. The molecule has 0 bridgehead atoms. The Hall–Kier alpha value is -1.10. The lowest BCUT2D eigenvalue weighted by molar-refractivity contribution is 0.467. The Bertz CT molecular complexity index is 598. The molecule has 0 saturated carbocycles. The molecule has 94 valence electrons. The van der Waals surface area contributed by atoms with Gasteiger partial charge in [0, 0.05) is 10.9 Å². The summed E-state index contributed by atoms with van der Waals surface area (Å²) in [6.07, 6.45) is 0. The van der Waals surface area contributed by atoms with Crippen LogP contribution in [0.3, 0.4) is 0 Å². The Labute approximate surface area is 118 Å². The van der Waals surface area contributed by atoms with E-state index >= 15 is 0 Å². The van der Waals surface area contributed by atoms with Gasteiger partial charge in [0.25, 0.3) is 0 Å². The lowest BCUT2D eigenvalue weighted by Crippen LogP contribution is -1.85. The fourth-order valence-electron chi connectivity index (χ4n) is 1.57. The summed E-state index contributed by atoms with van der Waals surface area (Å²) in [5.41, 5.74) is 8.45. The fraction of sp³-hybridized carbons (Fsp3) is 0.167. The molecule has 3 nitrogen and oxygen atoms in total. The van der Waals surface area contributed by atoms with Crippen molar-refractivity contribution in [2.24, 2.45) is 5.11 Å². The van der Waals surface area contributed by atoms with Crippen LogP contribution in [-0.2, 0) is 0 Å². The molecular formula is C12H10Cl2N2OS. The van der Waals surface area contributed by atoms with Gasteiger partial charge < -0.3 is 5.11 Å². The summed E-state index contributed by atoms with van der Waals surface area (Å²) in [6.45, 7) is 1.76. The Morgan fingerprint density at radius 3 is 2.67 bits per heavy atom. The van der Waals surface area contributed by atoms with Crippen LogP contribution in [0.2, 0.25) is 10.0 Å². The number of hydrogen-bond acceptors (Lipinski definition) is 4. The number of benzene rings is 1. The highest BCUT2D eigenvalue weighted by molar-refractivity contribution is 7.14. The zero-order valence-corrected chi connectivity index (χ0v) is 11.8. The van der Waals surface area contributed by atoms with E-state index in [2.05, 4.69) is 5.11 Å². The van der Waals surface area contributed by atoms with E-state index in [4.69, 9.17) is 28.7 Å². The Morgan fingerprint density at radius 1 is 1.33 bits per heavy atom. The normalized spacial score (nSPS) is 12.4. The highest BCUT2D eigenvalue weighted by Crippen LogP contribution is 2.43. The molecule has 1 aromatic heterocycles. The van der Waals surface area contributed by atoms with Crippen molar-refractivity contribution in [3.63, 3.8) is 0 Å². The molecule has 18 heavy (non-hydrogen) atoms. The first kappa shape index (κ1) is 13.3. The van der Waals surface area contributed by atoms with Crippen molar-refractivity contribution < 1.29 is 5.11 Å². The molecule has 1 aromatic carbocycles. The van der Waals surface area contributed by atoms with Crippen LogP contribution in [0.25, 0.3) is 10.4 Å². The average Bonchev–Trinajstić information content (AvgIpc) is 2.74. The first-order valence-electron chi connectivity index (χ1n) is 5.17. The molecule has 1 atom stereocenters. The van der Waals surface area contributed by atoms with E-state index in [1.165, 1.54) is 11.3 Å². The standard InChI is InChI=1S/C12H10Cl2N2OS/c1-6(16-15)8-5-18-12(11(8)17)7-2-3-9(13)10(14)4-7/h2-6,15,17H,1H3. The molecule has 1 unspecified atom stereocenters. The summed E-state index contributed by atoms with van der Waals surface area (Å²) in [5.74, 6) is 0.155. The van der Waals surface area contributed by atoms with Gasteiger partial charge in [-0.15, -0.1) is 11.3 Å². The van der Waals surface area contributed by atoms with Gasteiger partial charge in [-0.2, -0.15) is 5.11 Å². The summed E-state index contributed by atoms with van der Waals surface area (Å²) in [4.78, 5) is 0.707. The van der Waals surface area contributed by atoms with Crippen LogP contribution >= 0.6 is 34.5 Å². The molecule has 2 aromatic rings. The number of nitrogens with one attached hydrogen (secondary N) is 1. The number of thiophene rings is 1. The molecular weight excluding hydrogens is 291 g/mol. The predicted molar refractivity (Wildman–Crippen MR) is 75.0 cm³/mol. The van der Waals surface area contributed by atoms with E-state index in [1.807, 2.05) is 0 Å². The number of nitrogens with zero attached hydrogens (tertiary/aromatic N) is 1. The Morgan fingerprint density at radius 2 is 2.06 bits per heavy atom. The van der Waals surface area contributed by atoms with Crippen LogP contribution in [0.5, 0.6) is 5.75 Å². The molecule has 0 radical (unpaired) electrons. The SMILES string of the molecule is CC(N=N)c1csc(-c2ccc(Cl)c(Cl)c2)c1O. The van der Waals surface area contributed by atoms with Crippen LogP contribution in [0.15, 0.2) is 28.7 Å². The summed E-state index contributed by atoms with van der Waals surface area (Å²) in [5, 5.41) is 16.3. The molecule has 6 heteroatoms. The largest absolute Gasteiger partial charge is 0.506 e. The first-order valence-corrected chi connectivity index (χ1v) is 6.80. The molecule has 0 aliphatic heterocycles.